The van der Waals surface area contributed by atoms with E-state index in [0.717, 1.165) is 12.8 Å². The minimum absolute atomic E-state index is 0.341. The second-order valence-electron chi connectivity index (χ2n) is 5.57. The van der Waals surface area contributed by atoms with Gasteiger partial charge in [0.1, 0.15) is 24.9 Å². The van der Waals surface area contributed by atoms with Gasteiger partial charge in [-0.3, -0.25) is 9.59 Å². The van der Waals surface area contributed by atoms with Gasteiger partial charge in [-0.05, 0) is 6.42 Å². The summed E-state index contributed by atoms with van der Waals surface area (Å²) in [7, 11) is 0. The normalized spacial score (nSPS) is 14.2. The van der Waals surface area contributed by atoms with E-state index in [4.69, 9.17) is 30.6 Å². The zero-order valence-corrected chi connectivity index (χ0v) is 14.3. The Morgan fingerprint density at radius 2 is 1.38 bits per heavy atom. The van der Waals surface area contributed by atoms with Crippen LogP contribution in [0.2, 0.25) is 0 Å². The quantitative estimate of drug-likeness (QED) is 0.250. The molecule has 144 valence electrons. The zero-order valence-electron chi connectivity index (χ0n) is 14.3. The maximum atomic E-state index is 10.5. The van der Waals surface area contributed by atoms with Gasteiger partial charge in [-0.15, -0.1) is 0 Å². The number of unbranched alkanes of at least 4 members (excludes halogenated alkanes) is 6. The van der Waals surface area contributed by atoms with Crippen molar-refractivity contribution >= 4 is 11.8 Å². The van der Waals surface area contributed by atoms with Crippen LogP contribution >= 0.6 is 0 Å². The summed E-state index contributed by atoms with van der Waals surface area (Å²) in [5, 5.41) is 51.4. The first-order valence-electron chi connectivity index (χ1n) is 8.32. The fraction of sp³-hybridized carbons (Fsp3) is 0.875. The summed E-state index contributed by atoms with van der Waals surface area (Å²) >= 11 is 0. The summed E-state index contributed by atoms with van der Waals surface area (Å²) in [6.07, 6.45) is 3.42. The van der Waals surface area contributed by atoms with Gasteiger partial charge in [0.2, 0.25) is 0 Å². The molecule has 3 atom stereocenters. The Morgan fingerprint density at radius 1 is 0.875 bits per heavy atom. The van der Waals surface area contributed by atoms with Crippen LogP contribution in [0.4, 0.5) is 0 Å². The smallest absolute Gasteiger partial charge is 0.303 e. The lowest BCUT2D eigenvalue weighted by atomic mass is 10.1. The van der Waals surface area contributed by atoms with Gasteiger partial charge in [0, 0.05) is 6.42 Å². The van der Waals surface area contributed by atoms with Crippen LogP contribution in [0, 0.1) is 0 Å². The highest BCUT2D eigenvalue weighted by atomic mass is 16.4. The topological polar surface area (TPSA) is 156 Å². The predicted molar refractivity (Wildman–Crippen MR) is 87.4 cm³/mol. The molecule has 8 heteroatoms. The van der Waals surface area contributed by atoms with E-state index in [1.54, 1.807) is 0 Å². The maximum Gasteiger partial charge on any atom is 0.303 e. The average molecular weight is 352 g/mol. The maximum absolute atomic E-state index is 10.5. The van der Waals surface area contributed by atoms with Crippen molar-refractivity contribution in [2.24, 2.45) is 0 Å². The molecule has 0 spiro atoms. The molecule has 0 saturated heterocycles. The van der Waals surface area contributed by atoms with E-state index in [0.29, 0.717) is 6.42 Å². The molecule has 0 aliphatic carbocycles. The van der Waals surface area contributed by atoms with E-state index in [2.05, 4.69) is 6.92 Å². The number of ketones is 1. The van der Waals surface area contributed by atoms with E-state index < -0.39 is 43.3 Å². The van der Waals surface area contributed by atoms with E-state index >= 15 is 0 Å². The van der Waals surface area contributed by atoms with Gasteiger partial charge in [-0.2, -0.15) is 0 Å². The van der Waals surface area contributed by atoms with Gasteiger partial charge in [0.05, 0.1) is 6.61 Å². The third-order valence-electron chi connectivity index (χ3n) is 3.38. The van der Waals surface area contributed by atoms with Crippen LogP contribution < -0.4 is 0 Å². The minimum Gasteiger partial charge on any atom is -0.481 e. The van der Waals surface area contributed by atoms with Crippen molar-refractivity contribution in [3.63, 3.8) is 0 Å². The molecule has 0 aromatic carbocycles. The molecular formula is C16H32O8. The molecule has 0 unspecified atom stereocenters. The summed E-state index contributed by atoms with van der Waals surface area (Å²) < 4.78 is 0. The molecule has 0 aromatic rings. The standard InChI is InChI=1S/C10H20O2.C6H12O6/c1-2-3-4-5-6-7-8-9-10(11)12;7-1-3(9)5(11)6(12)4(10)2-8/h2-9H2,1H3,(H,11,12);3,5-9,11-12H,1-2H2/t;3-,5+,6+/m.1/s1. The molecule has 0 saturated carbocycles. The monoisotopic (exact) mass is 352 g/mol. The number of Topliss-reactive ketones (excluding diaryl/α,β-unsaturated/α-hetero) is 1. The van der Waals surface area contributed by atoms with Crippen molar-refractivity contribution in [1.29, 1.82) is 0 Å². The van der Waals surface area contributed by atoms with Crippen LogP contribution in [-0.4, -0.2) is 73.9 Å². The summed E-state index contributed by atoms with van der Waals surface area (Å²) in [5.41, 5.74) is 0. The number of carboxylic acids is 1. The highest BCUT2D eigenvalue weighted by molar-refractivity contribution is 5.84. The Labute approximate surface area is 142 Å². The van der Waals surface area contributed by atoms with E-state index in [1.807, 2.05) is 0 Å². The zero-order chi connectivity index (χ0) is 19.0. The van der Waals surface area contributed by atoms with Gasteiger partial charge < -0.3 is 30.6 Å². The van der Waals surface area contributed by atoms with Gasteiger partial charge in [0.15, 0.2) is 5.78 Å². The number of aliphatic carboxylic acids is 1. The number of rotatable bonds is 13. The number of aliphatic hydroxyl groups excluding tert-OH is 5. The molecule has 0 rings (SSSR count). The summed E-state index contributed by atoms with van der Waals surface area (Å²) in [6.45, 7) is 0.512. The molecule has 24 heavy (non-hydrogen) atoms. The fourth-order valence-electron chi connectivity index (χ4n) is 1.84. The van der Waals surface area contributed by atoms with Crippen LogP contribution in [-0.2, 0) is 9.59 Å². The first-order valence-corrected chi connectivity index (χ1v) is 8.32. The number of hydrogen-bond acceptors (Lipinski definition) is 7. The lowest BCUT2D eigenvalue weighted by Crippen LogP contribution is -2.44. The van der Waals surface area contributed by atoms with Gasteiger partial charge >= 0.3 is 5.97 Å². The number of aliphatic hydroxyl groups is 5. The highest BCUT2D eigenvalue weighted by Gasteiger charge is 2.28. The highest BCUT2D eigenvalue weighted by Crippen LogP contribution is 2.07. The van der Waals surface area contributed by atoms with Crippen LogP contribution in [0.15, 0.2) is 0 Å². The third-order valence-corrected chi connectivity index (χ3v) is 3.38. The van der Waals surface area contributed by atoms with Crippen molar-refractivity contribution < 1.29 is 40.2 Å². The lowest BCUT2D eigenvalue weighted by molar-refractivity contribution is -0.142. The van der Waals surface area contributed by atoms with Crippen molar-refractivity contribution in [3.05, 3.63) is 0 Å². The van der Waals surface area contributed by atoms with Crippen molar-refractivity contribution in [3.8, 4) is 0 Å². The molecule has 0 bridgehead atoms. The SMILES string of the molecule is CCCCCCCCCC(=O)O.O=C(CO)[C@H](O)[C@@H](O)[C@H](O)CO. The van der Waals surface area contributed by atoms with Crippen molar-refractivity contribution in [1.82, 2.24) is 0 Å². The third kappa shape index (κ3) is 14.5. The second-order valence-corrected chi connectivity index (χ2v) is 5.57. The average Bonchev–Trinajstić information content (AvgIpc) is 2.58. The molecule has 0 aliphatic heterocycles. The number of carbonyl (C=O) groups excluding carboxylic acids is 1. The van der Waals surface area contributed by atoms with Crippen LogP contribution in [0.3, 0.4) is 0 Å². The Morgan fingerprint density at radius 3 is 1.79 bits per heavy atom. The van der Waals surface area contributed by atoms with E-state index in [1.165, 1.54) is 32.1 Å². The van der Waals surface area contributed by atoms with Gasteiger partial charge in [-0.1, -0.05) is 45.4 Å². The second kappa shape index (κ2) is 16.8. The van der Waals surface area contributed by atoms with Gasteiger partial charge in [-0.25, -0.2) is 0 Å². The molecule has 8 nitrogen and oxygen atoms in total. The summed E-state index contributed by atoms with van der Waals surface area (Å²) in [6, 6.07) is 0. The van der Waals surface area contributed by atoms with Crippen molar-refractivity contribution in [2.75, 3.05) is 13.2 Å². The molecule has 0 heterocycles. The number of hydrogen-bond donors (Lipinski definition) is 6. The van der Waals surface area contributed by atoms with E-state index in [-0.39, 0.29) is 0 Å². The fourth-order valence-corrected chi connectivity index (χ4v) is 1.84. The Kier molecular flexibility index (Phi) is 17.6. The van der Waals surface area contributed by atoms with E-state index in [9.17, 15) is 9.59 Å². The van der Waals surface area contributed by atoms with Crippen LogP contribution in [0.25, 0.3) is 0 Å². The number of carboxylic acid groups (broad SMARTS) is 1. The minimum atomic E-state index is -1.86. The summed E-state index contributed by atoms with van der Waals surface area (Å²) in [4.78, 5) is 20.7. The Balaban J connectivity index is 0. The molecule has 0 aliphatic rings. The largest absolute Gasteiger partial charge is 0.481 e. The van der Waals surface area contributed by atoms with Crippen molar-refractivity contribution in [2.45, 2.75) is 76.6 Å². The Bertz CT molecular complexity index is 321. The van der Waals surface area contributed by atoms with Crippen LogP contribution in [0.5, 0.6) is 0 Å². The first kappa shape index (κ1) is 25.2. The first-order chi connectivity index (χ1) is 11.3. The van der Waals surface area contributed by atoms with Crippen LogP contribution in [0.1, 0.15) is 58.3 Å². The molecule has 6 N–H and O–H groups in total. The molecule has 0 amide bonds. The number of carbonyl (C=O) groups is 2. The lowest BCUT2D eigenvalue weighted by Gasteiger charge is -2.19. The molecule has 0 aromatic heterocycles. The molecular weight excluding hydrogens is 320 g/mol. The summed E-state index contributed by atoms with van der Waals surface area (Å²) in [5.74, 6) is -1.67. The molecule has 0 fully saturated rings. The van der Waals surface area contributed by atoms with Gasteiger partial charge in [0.25, 0.3) is 0 Å². The molecule has 0 radical (unpaired) electrons. The Hall–Kier alpha value is -1.06. The predicted octanol–water partition coefficient (Wildman–Crippen LogP) is -0.165.